The molecule has 2 amide bonds. The van der Waals surface area contributed by atoms with Crippen LogP contribution in [0.25, 0.3) is 11.4 Å². The summed E-state index contributed by atoms with van der Waals surface area (Å²) in [7, 11) is 3.12. The van der Waals surface area contributed by atoms with Crippen molar-refractivity contribution in [3.05, 3.63) is 47.5 Å². The van der Waals surface area contributed by atoms with Crippen LogP contribution in [0.5, 0.6) is 11.5 Å². The van der Waals surface area contributed by atoms with Crippen molar-refractivity contribution in [2.75, 3.05) is 25.7 Å². The standard InChI is InChI=1S/C27H34N6O4/c1-18-10-11-19(2)22(14-18)32(16-25(34)28-21-8-6-5-7-9-21)26(35)17-33-30-27(29-31-33)20-12-13-23(36-3)24(15-20)37-4/h10-15,21H,5-9,16-17H2,1-4H3,(H,28,34). The number of hydrogen-bond donors (Lipinski definition) is 1. The number of hydrogen-bond acceptors (Lipinski definition) is 7. The minimum absolute atomic E-state index is 0.0726. The van der Waals surface area contributed by atoms with Gasteiger partial charge in [-0.3, -0.25) is 9.59 Å². The summed E-state index contributed by atoms with van der Waals surface area (Å²) in [5.41, 5.74) is 3.28. The van der Waals surface area contributed by atoms with Crippen LogP contribution in [0, 0.1) is 13.8 Å². The molecule has 0 atom stereocenters. The maximum Gasteiger partial charge on any atom is 0.251 e. The monoisotopic (exact) mass is 506 g/mol. The number of carbonyl (C=O) groups excluding carboxylic acids is 2. The molecule has 0 radical (unpaired) electrons. The van der Waals surface area contributed by atoms with Crippen molar-refractivity contribution < 1.29 is 19.1 Å². The maximum absolute atomic E-state index is 13.5. The Kier molecular flexibility index (Phi) is 8.37. The third-order valence-electron chi connectivity index (χ3n) is 6.60. The van der Waals surface area contributed by atoms with E-state index in [-0.39, 0.29) is 30.9 Å². The molecule has 196 valence electrons. The van der Waals surface area contributed by atoms with E-state index in [0.29, 0.717) is 28.6 Å². The minimum atomic E-state index is -0.302. The van der Waals surface area contributed by atoms with Gasteiger partial charge >= 0.3 is 0 Å². The SMILES string of the molecule is COc1ccc(-c2nnn(CC(=O)N(CC(=O)NC3CCCCC3)c3cc(C)ccc3C)n2)cc1OC. The zero-order valence-corrected chi connectivity index (χ0v) is 21.9. The number of aryl methyl sites for hydroxylation is 2. The molecule has 0 unspecified atom stereocenters. The smallest absolute Gasteiger partial charge is 0.251 e. The molecule has 10 heteroatoms. The van der Waals surface area contributed by atoms with Crippen molar-refractivity contribution in [2.45, 2.75) is 58.5 Å². The molecule has 1 aliphatic rings. The Labute approximate surface area is 216 Å². The molecule has 0 saturated heterocycles. The predicted octanol–water partition coefficient (Wildman–Crippen LogP) is 3.46. The normalized spacial score (nSPS) is 13.7. The number of nitrogens with zero attached hydrogens (tertiary/aromatic N) is 5. The van der Waals surface area contributed by atoms with E-state index in [1.165, 1.54) is 16.1 Å². The van der Waals surface area contributed by atoms with Crippen molar-refractivity contribution in [3.63, 3.8) is 0 Å². The summed E-state index contributed by atoms with van der Waals surface area (Å²) in [6.45, 7) is 3.65. The second kappa shape index (κ2) is 11.9. The average Bonchev–Trinajstić information content (AvgIpc) is 3.37. The molecule has 4 rings (SSSR count). The van der Waals surface area contributed by atoms with Gasteiger partial charge in [0.05, 0.1) is 14.2 Å². The van der Waals surface area contributed by atoms with Crippen molar-refractivity contribution >= 4 is 17.5 Å². The number of carbonyl (C=O) groups is 2. The Morgan fingerprint density at radius 1 is 1.03 bits per heavy atom. The Bertz CT molecular complexity index is 1250. The molecule has 3 aromatic rings. The quantitative estimate of drug-likeness (QED) is 0.473. The Balaban J connectivity index is 1.53. The van der Waals surface area contributed by atoms with Crippen LogP contribution < -0.4 is 19.7 Å². The van der Waals surface area contributed by atoms with Gasteiger partial charge in [-0.25, -0.2) is 0 Å². The van der Waals surface area contributed by atoms with Crippen molar-refractivity contribution in [2.24, 2.45) is 0 Å². The Morgan fingerprint density at radius 3 is 2.51 bits per heavy atom. The summed E-state index contributed by atoms with van der Waals surface area (Å²) in [5, 5.41) is 15.7. The number of methoxy groups -OCH3 is 2. The van der Waals surface area contributed by atoms with E-state index in [4.69, 9.17) is 9.47 Å². The van der Waals surface area contributed by atoms with Crippen LogP contribution in [0.3, 0.4) is 0 Å². The van der Waals surface area contributed by atoms with Gasteiger partial charge in [0, 0.05) is 17.3 Å². The van der Waals surface area contributed by atoms with Gasteiger partial charge in [0.15, 0.2) is 11.5 Å². The highest BCUT2D eigenvalue weighted by Gasteiger charge is 2.24. The summed E-state index contributed by atoms with van der Waals surface area (Å²) in [4.78, 5) is 29.2. The first-order valence-electron chi connectivity index (χ1n) is 12.5. The van der Waals surface area contributed by atoms with E-state index in [1.807, 2.05) is 32.0 Å². The molecule has 1 N–H and O–H groups in total. The van der Waals surface area contributed by atoms with Gasteiger partial charge in [0.2, 0.25) is 11.7 Å². The number of tetrazole rings is 1. The molecule has 1 heterocycles. The lowest BCUT2D eigenvalue weighted by molar-refractivity contribution is -0.124. The van der Waals surface area contributed by atoms with E-state index in [0.717, 1.165) is 36.8 Å². The van der Waals surface area contributed by atoms with E-state index >= 15 is 0 Å². The van der Waals surface area contributed by atoms with Gasteiger partial charge in [-0.15, -0.1) is 10.2 Å². The first-order valence-corrected chi connectivity index (χ1v) is 12.5. The maximum atomic E-state index is 13.5. The van der Waals surface area contributed by atoms with E-state index in [2.05, 4.69) is 20.7 Å². The zero-order valence-electron chi connectivity index (χ0n) is 21.9. The lowest BCUT2D eigenvalue weighted by atomic mass is 9.95. The predicted molar refractivity (Wildman–Crippen MR) is 140 cm³/mol. The molecule has 10 nitrogen and oxygen atoms in total. The number of rotatable bonds is 9. The van der Waals surface area contributed by atoms with Crippen LogP contribution in [0.4, 0.5) is 5.69 Å². The van der Waals surface area contributed by atoms with E-state index in [9.17, 15) is 9.59 Å². The van der Waals surface area contributed by atoms with Crippen LogP contribution in [0.2, 0.25) is 0 Å². The highest BCUT2D eigenvalue weighted by atomic mass is 16.5. The summed E-state index contributed by atoms with van der Waals surface area (Å²) >= 11 is 0. The number of nitrogens with one attached hydrogen (secondary N) is 1. The van der Waals surface area contributed by atoms with Gasteiger partial charge < -0.3 is 19.7 Å². The number of ether oxygens (including phenoxy) is 2. The van der Waals surface area contributed by atoms with Gasteiger partial charge in [-0.1, -0.05) is 31.4 Å². The zero-order chi connectivity index (χ0) is 26.4. The van der Waals surface area contributed by atoms with Crippen molar-refractivity contribution in [3.8, 4) is 22.9 Å². The van der Waals surface area contributed by atoms with Gasteiger partial charge in [-0.05, 0) is 67.3 Å². The molecule has 1 saturated carbocycles. The fourth-order valence-corrected chi connectivity index (χ4v) is 4.59. The van der Waals surface area contributed by atoms with Crippen LogP contribution in [-0.4, -0.2) is 58.8 Å². The largest absolute Gasteiger partial charge is 0.493 e. The third kappa shape index (κ3) is 6.44. The fraction of sp³-hybridized carbons (Fsp3) is 0.444. The summed E-state index contributed by atoms with van der Waals surface area (Å²) < 4.78 is 10.6. The molecule has 1 fully saturated rings. The fourth-order valence-electron chi connectivity index (χ4n) is 4.59. The summed E-state index contributed by atoms with van der Waals surface area (Å²) in [6.07, 6.45) is 5.39. The van der Waals surface area contributed by atoms with Crippen LogP contribution in [-0.2, 0) is 16.1 Å². The van der Waals surface area contributed by atoms with Crippen LogP contribution >= 0.6 is 0 Å². The average molecular weight is 507 g/mol. The molecular formula is C27H34N6O4. The number of anilines is 1. The van der Waals surface area contributed by atoms with Crippen LogP contribution in [0.15, 0.2) is 36.4 Å². The van der Waals surface area contributed by atoms with Gasteiger partial charge in [0.25, 0.3) is 5.91 Å². The summed E-state index contributed by atoms with van der Waals surface area (Å²) in [6, 6.07) is 11.3. The van der Waals surface area contributed by atoms with Crippen molar-refractivity contribution in [1.29, 1.82) is 0 Å². The van der Waals surface area contributed by atoms with E-state index < -0.39 is 0 Å². The molecule has 2 aromatic carbocycles. The first-order chi connectivity index (χ1) is 17.9. The number of benzene rings is 2. The Morgan fingerprint density at radius 2 is 1.78 bits per heavy atom. The number of amides is 2. The molecule has 0 aliphatic heterocycles. The molecule has 1 aromatic heterocycles. The van der Waals surface area contributed by atoms with Gasteiger partial charge in [-0.2, -0.15) is 4.80 Å². The second-order valence-corrected chi connectivity index (χ2v) is 9.39. The Hall–Kier alpha value is -3.95. The van der Waals surface area contributed by atoms with Crippen LogP contribution in [0.1, 0.15) is 43.2 Å². The molecule has 37 heavy (non-hydrogen) atoms. The third-order valence-corrected chi connectivity index (χ3v) is 6.60. The lowest BCUT2D eigenvalue weighted by Gasteiger charge is -2.27. The summed E-state index contributed by atoms with van der Waals surface area (Å²) in [5.74, 6) is 1.01. The minimum Gasteiger partial charge on any atom is -0.493 e. The topological polar surface area (TPSA) is 111 Å². The highest BCUT2D eigenvalue weighted by Crippen LogP contribution is 2.30. The second-order valence-electron chi connectivity index (χ2n) is 9.39. The lowest BCUT2D eigenvalue weighted by Crippen LogP contribution is -2.46. The van der Waals surface area contributed by atoms with E-state index in [1.54, 1.807) is 32.4 Å². The highest BCUT2D eigenvalue weighted by molar-refractivity contribution is 5.99. The number of aromatic nitrogens is 4. The first kappa shape index (κ1) is 26.1. The molecule has 0 spiro atoms. The van der Waals surface area contributed by atoms with Gasteiger partial charge in [0.1, 0.15) is 13.1 Å². The molecular weight excluding hydrogens is 472 g/mol. The molecule has 0 bridgehead atoms. The van der Waals surface area contributed by atoms with Crippen molar-refractivity contribution in [1.82, 2.24) is 25.5 Å². The molecule has 1 aliphatic carbocycles.